The molecule has 0 fully saturated rings. The minimum atomic E-state index is -0.314. The quantitative estimate of drug-likeness (QED) is 0.631. The highest BCUT2D eigenvalue weighted by Crippen LogP contribution is 2.12. The standard InChI is InChI=1S/C13H24N4O2/c1-4-14-11-8-12(15-7-6-10(3)18)17-13(16-11)9-19-5-2/h8,10,18H,4-7,9H2,1-3H3,(H2,14,15,16,17). The lowest BCUT2D eigenvalue weighted by molar-refractivity contribution is 0.128. The highest BCUT2D eigenvalue weighted by atomic mass is 16.5. The van der Waals surface area contributed by atoms with Crippen LogP contribution in [0.5, 0.6) is 0 Å². The van der Waals surface area contributed by atoms with Crippen LogP contribution in [-0.2, 0) is 11.3 Å². The van der Waals surface area contributed by atoms with Crippen molar-refractivity contribution in [1.82, 2.24) is 9.97 Å². The summed E-state index contributed by atoms with van der Waals surface area (Å²) in [7, 11) is 0. The van der Waals surface area contributed by atoms with Crippen LogP contribution in [0.15, 0.2) is 6.07 Å². The molecule has 0 spiro atoms. The molecule has 0 aromatic carbocycles. The molecule has 0 aliphatic rings. The second-order valence-corrected chi connectivity index (χ2v) is 4.29. The van der Waals surface area contributed by atoms with Gasteiger partial charge >= 0.3 is 0 Å². The van der Waals surface area contributed by atoms with Crippen molar-refractivity contribution >= 4 is 11.6 Å². The number of nitrogens with zero attached hydrogens (tertiary/aromatic N) is 2. The Bertz CT molecular complexity index is 372. The Kier molecular flexibility index (Phi) is 7.14. The predicted octanol–water partition coefficient (Wildman–Crippen LogP) is 1.63. The fourth-order valence-electron chi connectivity index (χ4n) is 1.53. The third kappa shape index (κ3) is 6.35. The maximum absolute atomic E-state index is 9.23. The molecule has 3 N–H and O–H groups in total. The summed E-state index contributed by atoms with van der Waals surface area (Å²) in [4.78, 5) is 8.75. The van der Waals surface area contributed by atoms with E-state index in [0.717, 1.165) is 18.2 Å². The molecule has 1 atom stereocenters. The number of aliphatic hydroxyl groups excluding tert-OH is 1. The first-order chi connectivity index (χ1) is 9.15. The first-order valence-electron chi connectivity index (χ1n) is 6.77. The molecule has 0 aliphatic heterocycles. The molecular formula is C13H24N4O2. The maximum Gasteiger partial charge on any atom is 0.158 e. The van der Waals surface area contributed by atoms with Gasteiger partial charge in [0.2, 0.25) is 0 Å². The predicted molar refractivity (Wildman–Crippen MR) is 76.3 cm³/mol. The smallest absolute Gasteiger partial charge is 0.158 e. The largest absolute Gasteiger partial charge is 0.393 e. The Balaban J connectivity index is 2.68. The summed E-state index contributed by atoms with van der Waals surface area (Å²) in [5.41, 5.74) is 0. The van der Waals surface area contributed by atoms with Crippen LogP contribution in [0.1, 0.15) is 33.0 Å². The van der Waals surface area contributed by atoms with E-state index < -0.39 is 0 Å². The van der Waals surface area contributed by atoms with Crippen LogP contribution in [-0.4, -0.2) is 40.9 Å². The zero-order valence-electron chi connectivity index (χ0n) is 11.9. The fourth-order valence-corrected chi connectivity index (χ4v) is 1.53. The van der Waals surface area contributed by atoms with Crippen LogP contribution >= 0.6 is 0 Å². The van der Waals surface area contributed by atoms with Crippen molar-refractivity contribution in [2.24, 2.45) is 0 Å². The zero-order valence-corrected chi connectivity index (χ0v) is 11.9. The molecule has 1 rings (SSSR count). The van der Waals surface area contributed by atoms with Crippen molar-refractivity contribution < 1.29 is 9.84 Å². The van der Waals surface area contributed by atoms with Crippen molar-refractivity contribution in [3.05, 3.63) is 11.9 Å². The lowest BCUT2D eigenvalue weighted by Crippen LogP contribution is -2.13. The van der Waals surface area contributed by atoms with E-state index in [9.17, 15) is 5.11 Å². The van der Waals surface area contributed by atoms with Gasteiger partial charge in [-0.25, -0.2) is 9.97 Å². The first kappa shape index (κ1) is 15.7. The fraction of sp³-hybridized carbons (Fsp3) is 0.692. The molecule has 1 unspecified atom stereocenters. The first-order valence-corrected chi connectivity index (χ1v) is 6.77. The van der Waals surface area contributed by atoms with Gasteiger partial charge in [0.05, 0.1) is 6.10 Å². The molecule has 0 bridgehead atoms. The van der Waals surface area contributed by atoms with Gasteiger partial charge in [0.15, 0.2) is 5.82 Å². The van der Waals surface area contributed by atoms with Crippen molar-refractivity contribution in [2.45, 2.75) is 39.9 Å². The molecule has 6 nitrogen and oxygen atoms in total. The van der Waals surface area contributed by atoms with E-state index in [1.807, 2.05) is 19.9 Å². The summed E-state index contributed by atoms with van der Waals surface area (Å²) in [5.74, 6) is 2.19. The van der Waals surface area contributed by atoms with E-state index >= 15 is 0 Å². The van der Waals surface area contributed by atoms with Crippen molar-refractivity contribution in [1.29, 1.82) is 0 Å². The Morgan fingerprint density at radius 3 is 2.53 bits per heavy atom. The molecule has 6 heteroatoms. The summed E-state index contributed by atoms with van der Waals surface area (Å²) >= 11 is 0. The van der Waals surface area contributed by atoms with E-state index in [2.05, 4.69) is 20.6 Å². The third-order valence-corrected chi connectivity index (χ3v) is 2.43. The topological polar surface area (TPSA) is 79.3 Å². The molecule has 19 heavy (non-hydrogen) atoms. The van der Waals surface area contributed by atoms with Gasteiger partial charge in [-0.2, -0.15) is 0 Å². The van der Waals surface area contributed by atoms with Crippen LogP contribution in [0.25, 0.3) is 0 Å². The highest BCUT2D eigenvalue weighted by Gasteiger charge is 2.05. The molecule has 108 valence electrons. The molecule has 1 aromatic heterocycles. The SMILES string of the molecule is CCNc1cc(NCCC(C)O)nc(COCC)n1. The van der Waals surface area contributed by atoms with Crippen LogP contribution in [0.3, 0.4) is 0 Å². The van der Waals surface area contributed by atoms with Crippen LogP contribution in [0, 0.1) is 0 Å². The van der Waals surface area contributed by atoms with E-state index in [1.54, 1.807) is 6.92 Å². The monoisotopic (exact) mass is 268 g/mol. The number of aliphatic hydroxyl groups is 1. The van der Waals surface area contributed by atoms with E-state index in [-0.39, 0.29) is 6.10 Å². The van der Waals surface area contributed by atoms with Crippen LogP contribution in [0.2, 0.25) is 0 Å². The van der Waals surface area contributed by atoms with Crippen molar-refractivity contribution in [2.75, 3.05) is 30.3 Å². The van der Waals surface area contributed by atoms with Gasteiger partial charge < -0.3 is 20.5 Å². The molecular weight excluding hydrogens is 244 g/mol. The zero-order chi connectivity index (χ0) is 14.1. The summed E-state index contributed by atoms with van der Waals surface area (Å²) in [5, 5.41) is 15.6. The average Bonchev–Trinajstić information content (AvgIpc) is 2.36. The average molecular weight is 268 g/mol. The molecule has 0 aliphatic carbocycles. The number of anilines is 2. The second kappa shape index (κ2) is 8.66. The summed E-state index contributed by atoms with van der Waals surface area (Å²) in [6.45, 7) is 8.25. The molecule has 0 saturated carbocycles. The molecule has 1 heterocycles. The molecule has 0 amide bonds. The van der Waals surface area contributed by atoms with Gasteiger partial charge in [-0.05, 0) is 27.2 Å². The van der Waals surface area contributed by atoms with E-state index in [4.69, 9.17) is 4.74 Å². The minimum Gasteiger partial charge on any atom is -0.393 e. The van der Waals surface area contributed by atoms with Gasteiger partial charge in [-0.1, -0.05) is 0 Å². The van der Waals surface area contributed by atoms with Gasteiger partial charge in [-0.3, -0.25) is 0 Å². The van der Waals surface area contributed by atoms with E-state index in [0.29, 0.717) is 32.0 Å². The molecule has 0 saturated heterocycles. The van der Waals surface area contributed by atoms with Gasteiger partial charge in [-0.15, -0.1) is 0 Å². The Hall–Kier alpha value is -1.40. The highest BCUT2D eigenvalue weighted by molar-refractivity contribution is 5.47. The van der Waals surface area contributed by atoms with Gasteiger partial charge in [0.1, 0.15) is 18.2 Å². The van der Waals surface area contributed by atoms with Gasteiger partial charge in [0.25, 0.3) is 0 Å². The normalized spacial score (nSPS) is 12.2. The number of rotatable bonds is 9. The lowest BCUT2D eigenvalue weighted by atomic mass is 10.3. The summed E-state index contributed by atoms with van der Waals surface area (Å²) < 4.78 is 5.33. The Morgan fingerprint density at radius 1 is 1.26 bits per heavy atom. The van der Waals surface area contributed by atoms with Crippen molar-refractivity contribution in [3.63, 3.8) is 0 Å². The third-order valence-electron chi connectivity index (χ3n) is 2.43. The van der Waals surface area contributed by atoms with Gasteiger partial charge in [0, 0.05) is 25.8 Å². The van der Waals surface area contributed by atoms with Crippen molar-refractivity contribution in [3.8, 4) is 0 Å². The minimum absolute atomic E-state index is 0.314. The Morgan fingerprint density at radius 2 is 1.95 bits per heavy atom. The maximum atomic E-state index is 9.23. The number of hydrogen-bond donors (Lipinski definition) is 3. The van der Waals surface area contributed by atoms with Crippen LogP contribution in [0.4, 0.5) is 11.6 Å². The van der Waals surface area contributed by atoms with E-state index in [1.165, 1.54) is 0 Å². The lowest BCUT2D eigenvalue weighted by Gasteiger charge is -2.11. The molecule has 1 aromatic rings. The Labute approximate surface area is 114 Å². The molecule has 0 radical (unpaired) electrons. The number of nitrogens with one attached hydrogen (secondary N) is 2. The second-order valence-electron chi connectivity index (χ2n) is 4.29. The number of ether oxygens (including phenoxy) is 1. The number of aromatic nitrogens is 2. The van der Waals surface area contributed by atoms with Crippen LogP contribution < -0.4 is 10.6 Å². The summed E-state index contributed by atoms with van der Waals surface area (Å²) in [6.07, 6.45) is 0.368. The summed E-state index contributed by atoms with van der Waals surface area (Å²) in [6, 6.07) is 1.86. The number of hydrogen-bond acceptors (Lipinski definition) is 6.